The molecule has 1 rings (SSSR count). The zero-order valence-electron chi connectivity index (χ0n) is 7.48. The lowest BCUT2D eigenvalue weighted by Crippen LogP contribution is -2.12. The minimum atomic E-state index is -0.204. The minimum Gasteiger partial charge on any atom is -0.325 e. The highest BCUT2D eigenvalue weighted by Crippen LogP contribution is 2.11. The summed E-state index contributed by atoms with van der Waals surface area (Å²) in [6.07, 6.45) is 0.444. The molecule has 0 radical (unpaired) electrons. The maximum Gasteiger partial charge on any atom is 0.262 e. The van der Waals surface area contributed by atoms with Crippen LogP contribution in [0.4, 0.5) is 0 Å². The van der Waals surface area contributed by atoms with Gasteiger partial charge in [-0.15, -0.1) is 0 Å². The smallest absolute Gasteiger partial charge is 0.262 e. The Morgan fingerprint density at radius 2 is 2.23 bits per heavy atom. The molecule has 0 aliphatic rings. The van der Waals surface area contributed by atoms with Crippen molar-refractivity contribution in [1.29, 1.82) is 0 Å². The second-order valence-electron chi connectivity index (χ2n) is 2.76. The predicted octanol–water partition coefficient (Wildman–Crippen LogP) is 2.04. The van der Waals surface area contributed by atoms with Gasteiger partial charge in [0.15, 0.2) is 5.78 Å². The van der Waals surface area contributed by atoms with Crippen molar-refractivity contribution in [2.75, 3.05) is 0 Å². The van der Waals surface area contributed by atoms with Gasteiger partial charge in [-0.25, -0.2) is 0 Å². The van der Waals surface area contributed by atoms with Gasteiger partial charge in [0.2, 0.25) is 0 Å². The molecule has 0 amide bonds. The molecule has 0 aliphatic heterocycles. The average molecular weight is 244 g/mol. The largest absolute Gasteiger partial charge is 0.325 e. The molecule has 1 aromatic heterocycles. The SMILES string of the molecule is CCC(=O)c1cc(Br)c(=O)[nH]c1C. The first kappa shape index (κ1) is 10.2. The molecule has 0 atom stereocenters. The maximum atomic E-state index is 11.4. The number of ketones is 1. The maximum absolute atomic E-state index is 11.4. The Labute approximate surface area is 84.3 Å². The molecule has 70 valence electrons. The summed E-state index contributed by atoms with van der Waals surface area (Å²) in [5.74, 6) is 0.0365. The summed E-state index contributed by atoms with van der Waals surface area (Å²) in [4.78, 5) is 25.0. The van der Waals surface area contributed by atoms with Crippen LogP contribution in [0.5, 0.6) is 0 Å². The standard InChI is InChI=1S/C9H10BrNO2/c1-3-8(12)6-4-7(10)9(13)11-5(6)2/h4H,3H2,1-2H3,(H,11,13). The van der Waals surface area contributed by atoms with Crippen molar-refractivity contribution in [2.24, 2.45) is 0 Å². The number of aromatic nitrogens is 1. The molecule has 0 aliphatic carbocycles. The van der Waals surface area contributed by atoms with Crippen LogP contribution < -0.4 is 5.56 Å². The van der Waals surface area contributed by atoms with E-state index >= 15 is 0 Å². The monoisotopic (exact) mass is 243 g/mol. The van der Waals surface area contributed by atoms with Gasteiger partial charge in [0.25, 0.3) is 5.56 Å². The third kappa shape index (κ3) is 2.06. The molecule has 4 heteroatoms. The topological polar surface area (TPSA) is 49.9 Å². The lowest BCUT2D eigenvalue weighted by Gasteiger charge is -2.02. The molecule has 0 saturated heterocycles. The molecule has 1 heterocycles. The van der Waals surface area contributed by atoms with E-state index in [1.165, 1.54) is 0 Å². The zero-order chi connectivity index (χ0) is 10.0. The quantitative estimate of drug-likeness (QED) is 0.809. The Bertz CT molecular complexity index is 395. The number of halogens is 1. The highest BCUT2D eigenvalue weighted by Gasteiger charge is 2.09. The summed E-state index contributed by atoms with van der Waals surface area (Å²) in [5.41, 5.74) is 0.999. The van der Waals surface area contributed by atoms with Crippen LogP contribution in [0, 0.1) is 6.92 Å². The molecule has 0 aromatic carbocycles. The van der Waals surface area contributed by atoms with E-state index in [1.54, 1.807) is 19.9 Å². The second-order valence-corrected chi connectivity index (χ2v) is 3.62. The zero-order valence-corrected chi connectivity index (χ0v) is 9.06. The van der Waals surface area contributed by atoms with Crippen molar-refractivity contribution in [1.82, 2.24) is 4.98 Å². The van der Waals surface area contributed by atoms with Crippen LogP contribution in [-0.2, 0) is 0 Å². The molecule has 0 saturated carbocycles. The van der Waals surface area contributed by atoms with Crippen LogP contribution in [0.2, 0.25) is 0 Å². The molecule has 13 heavy (non-hydrogen) atoms. The lowest BCUT2D eigenvalue weighted by molar-refractivity contribution is 0.0987. The van der Waals surface area contributed by atoms with Gasteiger partial charge >= 0.3 is 0 Å². The molecular formula is C9H10BrNO2. The van der Waals surface area contributed by atoms with E-state index in [4.69, 9.17) is 0 Å². The van der Waals surface area contributed by atoms with E-state index in [-0.39, 0.29) is 11.3 Å². The number of rotatable bonds is 2. The molecule has 1 aromatic rings. The van der Waals surface area contributed by atoms with Gasteiger partial charge in [-0.3, -0.25) is 9.59 Å². The first-order valence-corrected chi connectivity index (χ1v) is 4.78. The van der Waals surface area contributed by atoms with Crippen LogP contribution in [0.3, 0.4) is 0 Å². The molecule has 0 bridgehead atoms. The summed E-state index contributed by atoms with van der Waals surface area (Å²) in [6.45, 7) is 3.51. The van der Waals surface area contributed by atoms with E-state index in [9.17, 15) is 9.59 Å². The number of nitrogens with one attached hydrogen (secondary N) is 1. The summed E-state index contributed by atoms with van der Waals surface area (Å²) >= 11 is 3.08. The number of hydrogen-bond donors (Lipinski definition) is 1. The number of aromatic amines is 1. The Kier molecular flexibility index (Phi) is 3.03. The number of H-pyrrole nitrogens is 1. The van der Waals surface area contributed by atoms with Crippen LogP contribution in [-0.4, -0.2) is 10.8 Å². The van der Waals surface area contributed by atoms with Crippen LogP contribution in [0.25, 0.3) is 0 Å². The third-order valence-corrected chi connectivity index (χ3v) is 2.40. The molecule has 0 fully saturated rings. The van der Waals surface area contributed by atoms with Gasteiger partial charge in [0.05, 0.1) is 4.47 Å². The summed E-state index contributed by atoms with van der Waals surface area (Å²) in [5, 5.41) is 0. The molecule has 0 spiro atoms. The fourth-order valence-corrected chi connectivity index (χ4v) is 1.41. The highest BCUT2D eigenvalue weighted by molar-refractivity contribution is 9.10. The number of aryl methyl sites for hydroxylation is 1. The molecule has 3 nitrogen and oxygen atoms in total. The summed E-state index contributed by atoms with van der Waals surface area (Å²) < 4.78 is 0.398. The van der Waals surface area contributed by atoms with Gasteiger partial charge < -0.3 is 4.98 Å². The second kappa shape index (κ2) is 3.87. The highest BCUT2D eigenvalue weighted by atomic mass is 79.9. The third-order valence-electron chi connectivity index (χ3n) is 1.81. The van der Waals surface area contributed by atoms with Crippen molar-refractivity contribution in [2.45, 2.75) is 20.3 Å². The number of pyridine rings is 1. The van der Waals surface area contributed by atoms with Gasteiger partial charge in [0.1, 0.15) is 0 Å². The van der Waals surface area contributed by atoms with Crippen molar-refractivity contribution < 1.29 is 4.79 Å². The number of carbonyl (C=O) groups excluding carboxylic acids is 1. The first-order chi connectivity index (χ1) is 6.06. The van der Waals surface area contributed by atoms with Gasteiger partial charge in [-0.05, 0) is 28.9 Å². The van der Waals surface area contributed by atoms with Crippen LogP contribution in [0.15, 0.2) is 15.3 Å². The van der Waals surface area contributed by atoms with Crippen LogP contribution >= 0.6 is 15.9 Å². The minimum absolute atomic E-state index is 0.0365. The fraction of sp³-hybridized carbons (Fsp3) is 0.333. The molecule has 1 N–H and O–H groups in total. The first-order valence-electron chi connectivity index (χ1n) is 3.99. The Morgan fingerprint density at radius 3 is 2.77 bits per heavy atom. The summed E-state index contributed by atoms with van der Waals surface area (Å²) in [7, 11) is 0. The molecular weight excluding hydrogens is 234 g/mol. The van der Waals surface area contributed by atoms with Gasteiger partial charge in [-0.2, -0.15) is 0 Å². The lowest BCUT2D eigenvalue weighted by atomic mass is 10.1. The van der Waals surface area contributed by atoms with E-state index in [1.807, 2.05) is 0 Å². The van der Waals surface area contributed by atoms with E-state index in [2.05, 4.69) is 20.9 Å². The summed E-state index contributed by atoms with van der Waals surface area (Å²) in [6, 6.07) is 1.57. The Balaban J connectivity index is 3.31. The van der Waals surface area contributed by atoms with Crippen molar-refractivity contribution in [3.8, 4) is 0 Å². The van der Waals surface area contributed by atoms with Crippen LogP contribution in [0.1, 0.15) is 29.4 Å². The van der Waals surface area contributed by atoms with Gasteiger partial charge in [-0.1, -0.05) is 6.92 Å². The van der Waals surface area contributed by atoms with Crippen molar-refractivity contribution in [3.63, 3.8) is 0 Å². The van der Waals surface area contributed by atoms with Gasteiger partial charge in [0, 0.05) is 17.7 Å². The van der Waals surface area contributed by atoms with E-state index in [0.717, 1.165) is 0 Å². The molecule has 0 unspecified atom stereocenters. The average Bonchev–Trinajstić information content (AvgIpc) is 2.10. The van der Waals surface area contributed by atoms with E-state index < -0.39 is 0 Å². The number of hydrogen-bond acceptors (Lipinski definition) is 2. The number of Topliss-reactive ketones (excluding diaryl/α,β-unsaturated/α-hetero) is 1. The fourth-order valence-electron chi connectivity index (χ4n) is 1.08. The van der Waals surface area contributed by atoms with Crippen molar-refractivity contribution in [3.05, 3.63) is 32.2 Å². The Morgan fingerprint density at radius 1 is 1.62 bits per heavy atom. The Hall–Kier alpha value is -0.900. The normalized spacial score (nSPS) is 10.1. The van der Waals surface area contributed by atoms with E-state index in [0.29, 0.717) is 22.2 Å². The van der Waals surface area contributed by atoms with Crippen molar-refractivity contribution >= 4 is 21.7 Å². The predicted molar refractivity (Wildman–Crippen MR) is 54.1 cm³/mol. The number of carbonyl (C=O) groups is 1.